The second-order valence-electron chi connectivity index (χ2n) is 16.2. The molecule has 12 rings (SSSR count). The number of anilines is 6. The maximum Gasteiger partial charge on any atom is 0.140 e. The summed E-state index contributed by atoms with van der Waals surface area (Å²) in [5.74, 6) is 0. The van der Waals surface area contributed by atoms with Crippen molar-refractivity contribution in [1.29, 1.82) is 0 Å². The third-order valence-electron chi connectivity index (χ3n) is 12.4. The van der Waals surface area contributed by atoms with Crippen LogP contribution in [0.2, 0.25) is 0 Å². The standard InChI is InChI=1S/C59H40N2O2/c1-39-55(61(48-29-24-42-16-8-9-17-45(42)36-48)50-31-34-57-53(38-50)51-18-10-11-19-56(51)62-57)33-32-52-54-37-49(30-35-58(54)63-59(39)52)60(46-25-20-43(21-26-46)40-12-4-2-5-13-40)47-27-22-44(23-28-47)41-14-6-3-7-15-41/h2-38H,1H3. The molecule has 0 bridgehead atoms. The van der Waals surface area contributed by atoms with Gasteiger partial charge in [-0.05, 0) is 131 Å². The zero-order chi connectivity index (χ0) is 41.9. The molecule has 12 aromatic rings. The molecule has 0 fully saturated rings. The molecule has 0 N–H and O–H groups in total. The molecule has 298 valence electrons. The number of aryl methyl sites for hydroxylation is 1. The van der Waals surface area contributed by atoms with Crippen molar-refractivity contribution in [2.24, 2.45) is 0 Å². The highest BCUT2D eigenvalue weighted by Gasteiger charge is 2.22. The van der Waals surface area contributed by atoms with Crippen LogP contribution in [0.1, 0.15) is 5.56 Å². The molecule has 0 atom stereocenters. The molecule has 10 aromatic carbocycles. The summed E-state index contributed by atoms with van der Waals surface area (Å²) in [4.78, 5) is 4.68. The molecular weight excluding hydrogens is 769 g/mol. The van der Waals surface area contributed by atoms with Gasteiger partial charge in [0.05, 0.1) is 5.69 Å². The quantitative estimate of drug-likeness (QED) is 0.153. The molecule has 4 nitrogen and oxygen atoms in total. The summed E-state index contributed by atoms with van der Waals surface area (Å²) < 4.78 is 13.1. The Hall–Kier alpha value is -8.34. The Kier molecular flexibility index (Phi) is 8.68. The lowest BCUT2D eigenvalue weighted by Gasteiger charge is -2.27. The van der Waals surface area contributed by atoms with Gasteiger partial charge in [-0.1, -0.05) is 133 Å². The van der Waals surface area contributed by atoms with Crippen LogP contribution in [-0.4, -0.2) is 0 Å². The fourth-order valence-corrected chi connectivity index (χ4v) is 9.24. The Morgan fingerprint density at radius 2 is 0.778 bits per heavy atom. The van der Waals surface area contributed by atoms with E-state index in [1.54, 1.807) is 0 Å². The summed E-state index contributed by atoms with van der Waals surface area (Å²) in [5.41, 5.74) is 15.6. The van der Waals surface area contributed by atoms with Crippen molar-refractivity contribution >= 4 is 88.8 Å². The molecule has 63 heavy (non-hydrogen) atoms. The molecule has 0 spiro atoms. The lowest BCUT2D eigenvalue weighted by molar-refractivity contribution is 0.666. The van der Waals surface area contributed by atoms with Gasteiger partial charge in [-0.15, -0.1) is 0 Å². The van der Waals surface area contributed by atoms with Crippen molar-refractivity contribution in [1.82, 2.24) is 0 Å². The minimum Gasteiger partial charge on any atom is -0.456 e. The molecule has 4 heteroatoms. The van der Waals surface area contributed by atoms with Gasteiger partial charge in [0.1, 0.15) is 22.3 Å². The SMILES string of the molecule is Cc1c(N(c2ccc3ccccc3c2)c2ccc3oc4ccccc4c3c2)ccc2c1oc1ccc(N(c3ccc(-c4ccccc4)cc3)c3ccc(-c4ccccc4)cc3)cc12. The summed E-state index contributed by atoms with van der Waals surface area (Å²) in [6.45, 7) is 2.18. The average molecular weight is 809 g/mol. The average Bonchev–Trinajstić information content (AvgIpc) is 3.92. The van der Waals surface area contributed by atoms with Gasteiger partial charge in [0.25, 0.3) is 0 Å². The third-order valence-corrected chi connectivity index (χ3v) is 12.4. The van der Waals surface area contributed by atoms with Crippen molar-refractivity contribution in [3.05, 3.63) is 230 Å². The van der Waals surface area contributed by atoms with E-state index in [0.717, 1.165) is 83.6 Å². The normalized spacial score (nSPS) is 11.6. The van der Waals surface area contributed by atoms with E-state index in [2.05, 4.69) is 229 Å². The number of para-hydroxylation sites is 1. The van der Waals surface area contributed by atoms with Crippen molar-refractivity contribution in [2.75, 3.05) is 9.80 Å². The van der Waals surface area contributed by atoms with Gasteiger partial charge in [-0.25, -0.2) is 0 Å². The smallest absolute Gasteiger partial charge is 0.140 e. The molecule has 0 saturated heterocycles. The second kappa shape index (κ2) is 15.0. The van der Waals surface area contributed by atoms with Crippen molar-refractivity contribution in [3.63, 3.8) is 0 Å². The molecule has 2 heterocycles. The first-order valence-electron chi connectivity index (χ1n) is 21.4. The summed E-state index contributed by atoms with van der Waals surface area (Å²) in [6.07, 6.45) is 0. The van der Waals surface area contributed by atoms with E-state index >= 15 is 0 Å². The summed E-state index contributed by atoms with van der Waals surface area (Å²) in [5, 5.41) is 6.69. The van der Waals surface area contributed by atoms with Crippen LogP contribution in [-0.2, 0) is 0 Å². The topological polar surface area (TPSA) is 32.8 Å². The molecule has 0 amide bonds. The number of fused-ring (bicyclic) bond motifs is 7. The molecule has 0 aliphatic carbocycles. The molecule has 0 radical (unpaired) electrons. The minimum atomic E-state index is 0.844. The zero-order valence-electron chi connectivity index (χ0n) is 34.6. The van der Waals surface area contributed by atoms with Gasteiger partial charge in [0.15, 0.2) is 0 Å². The van der Waals surface area contributed by atoms with E-state index in [0.29, 0.717) is 0 Å². The van der Waals surface area contributed by atoms with E-state index in [1.165, 1.54) is 33.0 Å². The summed E-state index contributed by atoms with van der Waals surface area (Å²) >= 11 is 0. The van der Waals surface area contributed by atoms with E-state index in [-0.39, 0.29) is 0 Å². The van der Waals surface area contributed by atoms with Crippen molar-refractivity contribution in [3.8, 4) is 22.3 Å². The number of benzene rings is 10. The fraction of sp³-hybridized carbons (Fsp3) is 0.0169. The second-order valence-corrected chi connectivity index (χ2v) is 16.2. The lowest BCUT2D eigenvalue weighted by Crippen LogP contribution is -2.11. The Bertz CT molecular complexity index is 3540. The van der Waals surface area contributed by atoms with Crippen LogP contribution in [0, 0.1) is 6.92 Å². The van der Waals surface area contributed by atoms with Gasteiger partial charge >= 0.3 is 0 Å². The van der Waals surface area contributed by atoms with Crippen LogP contribution in [0.4, 0.5) is 34.1 Å². The lowest BCUT2D eigenvalue weighted by atomic mass is 10.0. The Morgan fingerprint density at radius 1 is 0.302 bits per heavy atom. The van der Waals surface area contributed by atoms with Gasteiger partial charge < -0.3 is 18.6 Å². The van der Waals surface area contributed by atoms with Gasteiger partial charge in [0, 0.05) is 55.5 Å². The van der Waals surface area contributed by atoms with Crippen molar-refractivity contribution in [2.45, 2.75) is 6.92 Å². The van der Waals surface area contributed by atoms with Crippen LogP contribution in [0.3, 0.4) is 0 Å². The molecular formula is C59H40N2O2. The summed E-state index contributed by atoms with van der Waals surface area (Å²) in [7, 11) is 0. The molecule has 0 saturated carbocycles. The maximum absolute atomic E-state index is 6.85. The van der Waals surface area contributed by atoms with Gasteiger partial charge in [-0.3, -0.25) is 0 Å². The predicted molar refractivity (Wildman–Crippen MR) is 263 cm³/mol. The van der Waals surface area contributed by atoms with Crippen LogP contribution in [0.15, 0.2) is 233 Å². The molecule has 0 unspecified atom stereocenters. The first-order valence-corrected chi connectivity index (χ1v) is 21.4. The number of hydrogen-bond donors (Lipinski definition) is 0. The van der Waals surface area contributed by atoms with Gasteiger partial charge in [-0.2, -0.15) is 0 Å². The molecule has 0 aliphatic rings. The van der Waals surface area contributed by atoms with Gasteiger partial charge in [0.2, 0.25) is 0 Å². The first kappa shape index (κ1) is 36.5. The monoisotopic (exact) mass is 808 g/mol. The Morgan fingerprint density at radius 3 is 1.44 bits per heavy atom. The number of hydrogen-bond acceptors (Lipinski definition) is 4. The Labute approximate surface area is 365 Å². The first-order chi connectivity index (χ1) is 31.1. The van der Waals surface area contributed by atoms with Crippen LogP contribution in [0.5, 0.6) is 0 Å². The van der Waals surface area contributed by atoms with Crippen LogP contribution >= 0.6 is 0 Å². The molecule has 0 aliphatic heterocycles. The number of rotatable bonds is 8. The number of furan rings is 2. The van der Waals surface area contributed by atoms with E-state index in [9.17, 15) is 0 Å². The highest BCUT2D eigenvalue weighted by Crippen LogP contribution is 2.45. The van der Waals surface area contributed by atoms with E-state index in [1.807, 2.05) is 12.1 Å². The largest absolute Gasteiger partial charge is 0.456 e. The number of nitrogens with zero attached hydrogens (tertiary/aromatic N) is 2. The molecule has 2 aromatic heterocycles. The predicted octanol–water partition coefficient (Wildman–Crippen LogP) is 17.2. The minimum absolute atomic E-state index is 0.844. The van der Waals surface area contributed by atoms with E-state index in [4.69, 9.17) is 8.83 Å². The Balaban J connectivity index is 0.993. The van der Waals surface area contributed by atoms with Crippen LogP contribution in [0.25, 0.3) is 76.9 Å². The summed E-state index contributed by atoms with van der Waals surface area (Å²) in [6, 6.07) is 79.7. The fourth-order valence-electron chi connectivity index (χ4n) is 9.24. The van der Waals surface area contributed by atoms with Crippen molar-refractivity contribution < 1.29 is 8.83 Å². The highest BCUT2D eigenvalue weighted by atomic mass is 16.3. The van der Waals surface area contributed by atoms with Crippen LogP contribution < -0.4 is 9.80 Å². The van der Waals surface area contributed by atoms with E-state index < -0.39 is 0 Å². The maximum atomic E-state index is 6.85. The highest BCUT2D eigenvalue weighted by molar-refractivity contribution is 6.10. The third kappa shape index (κ3) is 6.39. The zero-order valence-corrected chi connectivity index (χ0v) is 34.6.